The van der Waals surface area contributed by atoms with Crippen molar-refractivity contribution in [1.29, 1.82) is 0 Å². The topological polar surface area (TPSA) is 94.9 Å². The Balaban J connectivity index is 2.04. The van der Waals surface area contributed by atoms with Crippen LogP contribution in [0.3, 0.4) is 0 Å². The lowest BCUT2D eigenvalue weighted by atomic mass is 10.1. The Labute approximate surface area is 162 Å². The number of ether oxygens (including phenoxy) is 3. The fourth-order valence-electron chi connectivity index (χ4n) is 3.09. The van der Waals surface area contributed by atoms with Gasteiger partial charge in [-0.15, -0.1) is 0 Å². The van der Waals surface area contributed by atoms with E-state index in [0.717, 1.165) is 22.6 Å². The monoisotopic (exact) mass is 385 g/mol. The number of carbonyl (C=O) groups excluding carboxylic acids is 1. The summed E-state index contributed by atoms with van der Waals surface area (Å²) in [5.74, 6) is 0.464. The van der Waals surface area contributed by atoms with Crippen molar-refractivity contribution in [3.05, 3.63) is 52.1 Å². The largest absolute Gasteiger partial charge is 0.497 e. The Morgan fingerprint density at radius 3 is 2.57 bits per heavy atom. The zero-order chi connectivity index (χ0) is 20.1. The van der Waals surface area contributed by atoms with Crippen molar-refractivity contribution in [3.63, 3.8) is 0 Å². The van der Waals surface area contributed by atoms with Crippen LogP contribution in [0.25, 0.3) is 16.8 Å². The van der Waals surface area contributed by atoms with Crippen LogP contribution in [0.1, 0.15) is 24.2 Å². The number of hydrogen-bond donors (Lipinski definition) is 1. The molecule has 2 aromatic heterocycles. The summed E-state index contributed by atoms with van der Waals surface area (Å²) in [6, 6.07) is 9.02. The van der Waals surface area contributed by atoms with Gasteiger partial charge in [0.1, 0.15) is 5.75 Å². The third-order valence-corrected chi connectivity index (χ3v) is 4.45. The summed E-state index contributed by atoms with van der Waals surface area (Å²) in [7, 11) is 4.56. The number of nitrogens with zero attached hydrogens (tertiary/aromatic N) is 2. The number of benzene rings is 1. The number of aromatic nitrogens is 3. The molecule has 148 valence electrons. The molecule has 0 saturated carbocycles. The predicted octanol–water partition coefficient (Wildman–Crippen LogP) is 2.34. The predicted molar refractivity (Wildman–Crippen MR) is 103 cm³/mol. The maximum absolute atomic E-state index is 12.6. The molecule has 28 heavy (non-hydrogen) atoms. The fraction of sp³-hybridized carbons (Fsp3) is 0.350. The van der Waals surface area contributed by atoms with E-state index in [1.807, 2.05) is 24.3 Å². The van der Waals surface area contributed by atoms with E-state index in [-0.39, 0.29) is 17.9 Å². The number of nitrogens with one attached hydrogen (secondary N) is 1. The van der Waals surface area contributed by atoms with Crippen molar-refractivity contribution in [2.45, 2.75) is 25.9 Å². The minimum atomic E-state index is -0.277. The molecule has 0 aliphatic rings. The molecule has 8 heteroatoms. The number of rotatable bonds is 8. The molecular weight excluding hydrogens is 362 g/mol. The van der Waals surface area contributed by atoms with E-state index in [1.54, 1.807) is 14.2 Å². The van der Waals surface area contributed by atoms with Crippen molar-refractivity contribution in [3.8, 4) is 16.9 Å². The number of hydrogen-bond acceptors (Lipinski definition) is 6. The Morgan fingerprint density at radius 2 is 1.93 bits per heavy atom. The van der Waals surface area contributed by atoms with Crippen LogP contribution in [-0.4, -0.2) is 41.9 Å². The Bertz CT molecular complexity index is 1020. The Kier molecular flexibility index (Phi) is 6.10. The molecule has 3 aromatic rings. The molecule has 8 nitrogen and oxygen atoms in total. The van der Waals surface area contributed by atoms with Crippen LogP contribution in [0.4, 0.5) is 0 Å². The zero-order valence-corrected chi connectivity index (χ0v) is 16.2. The molecule has 3 rings (SSSR count). The highest BCUT2D eigenvalue weighted by Crippen LogP contribution is 2.29. The molecule has 0 saturated heterocycles. The molecule has 0 aliphatic carbocycles. The number of carbonyl (C=O) groups is 1. The summed E-state index contributed by atoms with van der Waals surface area (Å²) < 4.78 is 16.6. The second kappa shape index (κ2) is 8.71. The van der Waals surface area contributed by atoms with Gasteiger partial charge in [0.25, 0.3) is 5.56 Å². The van der Waals surface area contributed by atoms with Gasteiger partial charge in [-0.3, -0.25) is 14.7 Å². The molecule has 0 unspecified atom stereocenters. The number of H-pyrrole nitrogens is 1. The Hall–Kier alpha value is -3.13. The van der Waals surface area contributed by atoms with Crippen LogP contribution >= 0.6 is 0 Å². The maximum atomic E-state index is 12.6. The average molecular weight is 385 g/mol. The molecule has 0 amide bonds. The summed E-state index contributed by atoms with van der Waals surface area (Å²) in [6.07, 6.45) is 1.35. The number of aromatic amines is 1. The van der Waals surface area contributed by atoms with Crippen LogP contribution in [0.2, 0.25) is 0 Å². The normalized spacial score (nSPS) is 11.0. The summed E-state index contributed by atoms with van der Waals surface area (Å²) in [6.45, 7) is 0.307. The van der Waals surface area contributed by atoms with Crippen LogP contribution in [0.15, 0.2) is 35.1 Å². The van der Waals surface area contributed by atoms with Gasteiger partial charge in [-0.25, -0.2) is 9.50 Å². The lowest BCUT2D eigenvalue weighted by molar-refractivity contribution is -0.140. The van der Waals surface area contributed by atoms with E-state index >= 15 is 0 Å². The highest BCUT2D eigenvalue weighted by Gasteiger charge is 2.17. The molecule has 1 N–H and O–H groups in total. The van der Waals surface area contributed by atoms with Crippen LogP contribution in [0.5, 0.6) is 5.75 Å². The Morgan fingerprint density at radius 1 is 1.18 bits per heavy atom. The molecule has 0 fully saturated rings. The van der Waals surface area contributed by atoms with Gasteiger partial charge < -0.3 is 14.2 Å². The number of fused-ring (bicyclic) bond motifs is 1. The minimum Gasteiger partial charge on any atom is -0.497 e. The number of methoxy groups -OCH3 is 3. The number of aryl methyl sites for hydroxylation is 1. The lowest BCUT2D eigenvalue weighted by Gasteiger charge is -2.06. The fourth-order valence-corrected chi connectivity index (χ4v) is 3.09. The smallest absolute Gasteiger partial charge is 0.305 e. The van der Waals surface area contributed by atoms with Crippen LogP contribution in [0, 0.1) is 0 Å². The van der Waals surface area contributed by atoms with Gasteiger partial charge in [0.2, 0.25) is 0 Å². The van der Waals surface area contributed by atoms with E-state index < -0.39 is 0 Å². The first kappa shape index (κ1) is 19.6. The van der Waals surface area contributed by atoms with E-state index in [2.05, 4.69) is 14.8 Å². The van der Waals surface area contributed by atoms with Crippen LogP contribution in [-0.2, 0) is 27.3 Å². The van der Waals surface area contributed by atoms with E-state index in [1.165, 1.54) is 17.7 Å². The summed E-state index contributed by atoms with van der Waals surface area (Å²) in [5, 5.41) is 3.08. The van der Waals surface area contributed by atoms with Crippen molar-refractivity contribution >= 4 is 11.6 Å². The SMILES string of the molecule is COCc1[nH]n2c(=O)cc(CCCC(=O)OC)nc2c1-c1ccc(OC)cc1. The van der Waals surface area contributed by atoms with E-state index in [4.69, 9.17) is 9.47 Å². The van der Waals surface area contributed by atoms with E-state index in [9.17, 15) is 9.59 Å². The van der Waals surface area contributed by atoms with Gasteiger partial charge in [0, 0.05) is 30.9 Å². The van der Waals surface area contributed by atoms with Crippen molar-refractivity contribution in [1.82, 2.24) is 14.6 Å². The quantitative estimate of drug-likeness (QED) is 0.598. The first-order chi connectivity index (χ1) is 13.6. The van der Waals surface area contributed by atoms with Gasteiger partial charge in [-0.1, -0.05) is 12.1 Å². The minimum absolute atomic E-state index is 0.213. The van der Waals surface area contributed by atoms with E-state index in [0.29, 0.717) is 30.8 Å². The van der Waals surface area contributed by atoms with Gasteiger partial charge in [0.15, 0.2) is 5.65 Å². The highest BCUT2D eigenvalue weighted by molar-refractivity contribution is 5.80. The molecule has 1 aromatic carbocycles. The lowest BCUT2D eigenvalue weighted by Crippen LogP contribution is -2.16. The molecule has 0 aliphatic heterocycles. The highest BCUT2D eigenvalue weighted by atomic mass is 16.5. The average Bonchev–Trinajstić information content (AvgIpc) is 3.07. The summed E-state index contributed by atoms with van der Waals surface area (Å²) in [4.78, 5) is 28.6. The number of esters is 1. The summed E-state index contributed by atoms with van der Waals surface area (Å²) in [5.41, 5.74) is 3.39. The molecule has 0 radical (unpaired) electrons. The first-order valence-electron chi connectivity index (χ1n) is 8.91. The second-order valence-electron chi connectivity index (χ2n) is 6.30. The molecule has 0 bridgehead atoms. The van der Waals surface area contributed by atoms with Gasteiger partial charge >= 0.3 is 5.97 Å². The summed E-state index contributed by atoms with van der Waals surface area (Å²) >= 11 is 0. The second-order valence-corrected chi connectivity index (χ2v) is 6.30. The van der Waals surface area contributed by atoms with Crippen molar-refractivity contribution in [2.75, 3.05) is 21.3 Å². The third kappa shape index (κ3) is 4.07. The standard InChI is InChI=1S/C20H23N3O5/c1-26-12-16-19(13-7-9-15(27-2)10-8-13)20-21-14(5-4-6-18(25)28-3)11-17(24)23(20)22-16/h7-11,22H,4-6,12H2,1-3H3. The first-order valence-corrected chi connectivity index (χ1v) is 8.91. The zero-order valence-electron chi connectivity index (χ0n) is 16.2. The maximum Gasteiger partial charge on any atom is 0.305 e. The van der Waals surface area contributed by atoms with Crippen LogP contribution < -0.4 is 10.3 Å². The third-order valence-electron chi connectivity index (χ3n) is 4.45. The van der Waals surface area contributed by atoms with Gasteiger partial charge in [0.05, 0.1) is 26.5 Å². The van der Waals surface area contributed by atoms with Crippen molar-refractivity contribution < 1.29 is 19.0 Å². The van der Waals surface area contributed by atoms with Gasteiger partial charge in [-0.05, 0) is 30.5 Å². The molecular formula is C20H23N3O5. The molecule has 0 atom stereocenters. The molecule has 2 heterocycles. The van der Waals surface area contributed by atoms with Crippen molar-refractivity contribution in [2.24, 2.45) is 0 Å². The van der Waals surface area contributed by atoms with Gasteiger partial charge in [-0.2, -0.15) is 0 Å². The molecule has 0 spiro atoms.